The number of hydrogen-bond donors (Lipinski definition) is 2. The fourth-order valence-corrected chi connectivity index (χ4v) is 1.14. The van der Waals surface area contributed by atoms with Gasteiger partial charge in [0.25, 0.3) is 0 Å². The summed E-state index contributed by atoms with van der Waals surface area (Å²) in [6, 6.07) is 3.64. The lowest BCUT2D eigenvalue weighted by molar-refractivity contribution is -0.139. The van der Waals surface area contributed by atoms with E-state index in [2.05, 4.69) is 20.8 Å². The van der Waals surface area contributed by atoms with Crippen molar-refractivity contribution in [3.63, 3.8) is 0 Å². The predicted octanol–water partition coefficient (Wildman–Crippen LogP) is -0.190. The summed E-state index contributed by atoms with van der Waals surface area (Å²) in [4.78, 5) is 26.3. The summed E-state index contributed by atoms with van der Waals surface area (Å²) < 4.78 is 0. The Balaban J connectivity index is 1.79. The third-order valence-electron chi connectivity index (χ3n) is 2.20. The molecule has 17 heavy (non-hydrogen) atoms. The first kappa shape index (κ1) is 11.3. The Bertz CT molecular complexity index is 440. The number of hydrazone groups is 1. The molecule has 0 bridgehead atoms. The first-order chi connectivity index (χ1) is 8.25. The van der Waals surface area contributed by atoms with Gasteiger partial charge in [0.15, 0.2) is 0 Å². The van der Waals surface area contributed by atoms with Gasteiger partial charge in [-0.25, -0.2) is 5.43 Å². The molecule has 1 saturated carbocycles. The van der Waals surface area contributed by atoms with Crippen molar-refractivity contribution in [2.75, 3.05) is 0 Å². The van der Waals surface area contributed by atoms with Crippen LogP contribution in [-0.2, 0) is 9.59 Å². The molecule has 0 saturated heterocycles. The summed E-state index contributed by atoms with van der Waals surface area (Å²) in [7, 11) is 0. The van der Waals surface area contributed by atoms with E-state index in [1.165, 1.54) is 6.21 Å². The van der Waals surface area contributed by atoms with Crippen LogP contribution in [0.2, 0.25) is 0 Å². The molecule has 2 N–H and O–H groups in total. The molecule has 0 spiro atoms. The van der Waals surface area contributed by atoms with Crippen molar-refractivity contribution in [1.29, 1.82) is 0 Å². The van der Waals surface area contributed by atoms with Gasteiger partial charge in [-0.2, -0.15) is 5.10 Å². The minimum Gasteiger partial charge on any atom is -0.345 e. The molecule has 1 aromatic heterocycles. The molecular formula is C11H12N4O2. The van der Waals surface area contributed by atoms with E-state index in [0.29, 0.717) is 0 Å². The number of pyridine rings is 1. The van der Waals surface area contributed by atoms with Crippen LogP contribution in [-0.4, -0.2) is 29.1 Å². The summed E-state index contributed by atoms with van der Waals surface area (Å²) >= 11 is 0. The van der Waals surface area contributed by atoms with Gasteiger partial charge in [0.2, 0.25) is 0 Å². The lowest BCUT2D eigenvalue weighted by Gasteiger charge is -2.00. The Morgan fingerprint density at radius 2 is 2.00 bits per heavy atom. The lowest BCUT2D eigenvalue weighted by Crippen LogP contribution is -2.38. The van der Waals surface area contributed by atoms with Crippen LogP contribution in [0.3, 0.4) is 0 Å². The third-order valence-corrected chi connectivity index (χ3v) is 2.20. The van der Waals surface area contributed by atoms with Crippen LogP contribution in [0.5, 0.6) is 0 Å². The van der Waals surface area contributed by atoms with Gasteiger partial charge >= 0.3 is 11.8 Å². The molecule has 1 aliphatic rings. The molecule has 2 amide bonds. The number of carbonyl (C=O) groups excluding carboxylic acids is 2. The molecule has 1 fully saturated rings. The number of hydrogen-bond acceptors (Lipinski definition) is 4. The molecule has 88 valence electrons. The van der Waals surface area contributed by atoms with E-state index in [1.54, 1.807) is 24.5 Å². The second-order valence-electron chi connectivity index (χ2n) is 3.73. The summed E-state index contributed by atoms with van der Waals surface area (Å²) in [5, 5.41) is 6.24. The van der Waals surface area contributed by atoms with E-state index in [-0.39, 0.29) is 6.04 Å². The zero-order valence-corrected chi connectivity index (χ0v) is 9.09. The number of rotatable bonds is 3. The highest BCUT2D eigenvalue weighted by Gasteiger charge is 2.26. The summed E-state index contributed by atoms with van der Waals surface area (Å²) in [5.74, 6) is -1.39. The Kier molecular flexibility index (Phi) is 3.44. The maximum Gasteiger partial charge on any atom is 0.329 e. The maximum atomic E-state index is 11.2. The molecular weight excluding hydrogens is 220 g/mol. The smallest absolute Gasteiger partial charge is 0.329 e. The maximum absolute atomic E-state index is 11.2. The Labute approximate surface area is 98.1 Å². The van der Waals surface area contributed by atoms with Crippen molar-refractivity contribution < 1.29 is 9.59 Å². The fourth-order valence-electron chi connectivity index (χ4n) is 1.14. The SMILES string of the molecule is O=C(N/N=C\c1ccncc1)C(=O)NC1CC1. The molecule has 0 atom stereocenters. The van der Waals surface area contributed by atoms with Gasteiger partial charge in [0.05, 0.1) is 6.21 Å². The Morgan fingerprint density at radius 3 is 2.65 bits per heavy atom. The highest BCUT2D eigenvalue weighted by Crippen LogP contribution is 2.18. The van der Waals surface area contributed by atoms with Crippen LogP contribution in [0, 0.1) is 0 Å². The minimum atomic E-state index is -0.748. The number of amides is 2. The van der Waals surface area contributed by atoms with E-state index in [9.17, 15) is 9.59 Å². The van der Waals surface area contributed by atoms with Gasteiger partial charge in [-0.1, -0.05) is 0 Å². The molecule has 0 unspecified atom stereocenters. The van der Waals surface area contributed by atoms with Crippen LogP contribution in [0.25, 0.3) is 0 Å². The lowest BCUT2D eigenvalue weighted by atomic mass is 10.3. The number of carbonyl (C=O) groups is 2. The van der Waals surface area contributed by atoms with E-state index < -0.39 is 11.8 Å². The van der Waals surface area contributed by atoms with Crippen molar-refractivity contribution in [3.05, 3.63) is 30.1 Å². The average Bonchev–Trinajstić information content (AvgIpc) is 3.14. The van der Waals surface area contributed by atoms with Gasteiger partial charge in [-0.3, -0.25) is 14.6 Å². The van der Waals surface area contributed by atoms with Crippen LogP contribution in [0.1, 0.15) is 18.4 Å². The van der Waals surface area contributed by atoms with Crippen molar-refractivity contribution in [2.24, 2.45) is 5.10 Å². The highest BCUT2D eigenvalue weighted by atomic mass is 16.2. The quantitative estimate of drug-likeness (QED) is 0.430. The highest BCUT2D eigenvalue weighted by molar-refractivity contribution is 6.35. The molecule has 0 radical (unpaired) electrons. The standard InChI is InChI=1S/C11H12N4O2/c16-10(14-9-1-2-9)11(17)15-13-7-8-3-5-12-6-4-8/h3-7,9H,1-2H2,(H,14,16)(H,15,17)/b13-7-. The first-order valence-corrected chi connectivity index (χ1v) is 5.29. The third kappa shape index (κ3) is 3.67. The fraction of sp³-hybridized carbons (Fsp3) is 0.273. The van der Waals surface area contributed by atoms with Crippen LogP contribution in [0.4, 0.5) is 0 Å². The Morgan fingerprint density at radius 1 is 1.29 bits per heavy atom. The molecule has 1 aromatic rings. The Hall–Kier alpha value is -2.24. The number of nitrogens with one attached hydrogen (secondary N) is 2. The molecule has 1 aliphatic carbocycles. The van der Waals surface area contributed by atoms with Crippen LogP contribution < -0.4 is 10.7 Å². The van der Waals surface area contributed by atoms with E-state index >= 15 is 0 Å². The molecule has 1 heterocycles. The van der Waals surface area contributed by atoms with E-state index in [1.807, 2.05) is 0 Å². The molecule has 6 heteroatoms. The topological polar surface area (TPSA) is 83.5 Å². The summed E-state index contributed by atoms with van der Waals surface area (Å²) in [6.45, 7) is 0. The van der Waals surface area contributed by atoms with E-state index in [0.717, 1.165) is 18.4 Å². The van der Waals surface area contributed by atoms with Gasteiger partial charge in [0.1, 0.15) is 0 Å². The molecule has 0 aromatic carbocycles. The molecule has 0 aliphatic heterocycles. The summed E-state index contributed by atoms with van der Waals surface area (Å²) in [6.07, 6.45) is 6.56. The monoisotopic (exact) mass is 232 g/mol. The minimum absolute atomic E-state index is 0.164. The molecule has 2 rings (SSSR count). The second kappa shape index (κ2) is 5.20. The van der Waals surface area contributed by atoms with Crippen molar-refractivity contribution in [2.45, 2.75) is 18.9 Å². The first-order valence-electron chi connectivity index (χ1n) is 5.29. The normalized spacial score (nSPS) is 14.6. The summed E-state index contributed by atoms with van der Waals surface area (Å²) in [5.41, 5.74) is 2.96. The predicted molar refractivity (Wildman–Crippen MR) is 61.1 cm³/mol. The van der Waals surface area contributed by atoms with Gasteiger partial charge in [-0.05, 0) is 30.5 Å². The largest absolute Gasteiger partial charge is 0.345 e. The van der Waals surface area contributed by atoms with Gasteiger partial charge in [0, 0.05) is 18.4 Å². The van der Waals surface area contributed by atoms with Gasteiger partial charge in [-0.15, -0.1) is 0 Å². The number of aromatic nitrogens is 1. The molecule has 6 nitrogen and oxygen atoms in total. The zero-order chi connectivity index (χ0) is 12.1. The zero-order valence-electron chi connectivity index (χ0n) is 9.09. The van der Waals surface area contributed by atoms with Crippen molar-refractivity contribution in [1.82, 2.24) is 15.7 Å². The van der Waals surface area contributed by atoms with Crippen molar-refractivity contribution in [3.8, 4) is 0 Å². The van der Waals surface area contributed by atoms with E-state index in [4.69, 9.17) is 0 Å². The average molecular weight is 232 g/mol. The van der Waals surface area contributed by atoms with Crippen LogP contribution in [0.15, 0.2) is 29.6 Å². The van der Waals surface area contributed by atoms with Crippen molar-refractivity contribution >= 4 is 18.0 Å². The second-order valence-corrected chi connectivity index (χ2v) is 3.73. The van der Waals surface area contributed by atoms with Gasteiger partial charge < -0.3 is 5.32 Å². The van der Waals surface area contributed by atoms with Crippen LogP contribution >= 0.6 is 0 Å². The number of nitrogens with zero attached hydrogens (tertiary/aromatic N) is 2.